The molecule has 0 atom stereocenters. The van der Waals surface area contributed by atoms with Gasteiger partial charge in [0.2, 0.25) is 11.0 Å². The van der Waals surface area contributed by atoms with E-state index in [1.165, 1.54) is 0 Å². The highest BCUT2D eigenvalue weighted by molar-refractivity contribution is 7.09. The molecule has 1 saturated carbocycles. The van der Waals surface area contributed by atoms with Crippen LogP contribution in [0.15, 0.2) is 0 Å². The summed E-state index contributed by atoms with van der Waals surface area (Å²) in [5, 5.41) is 3.18. The maximum Gasteiger partial charge on any atom is 0.452 e. The fraction of sp³-hybridized carbons (Fsp3) is 0.714. The van der Waals surface area contributed by atoms with E-state index in [4.69, 9.17) is 0 Å². The van der Waals surface area contributed by atoms with Gasteiger partial charge in [0.15, 0.2) is 0 Å². The molecule has 1 N–H and O–H groups in total. The summed E-state index contributed by atoms with van der Waals surface area (Å²) in [5.74, 6) is -1.06. The largest absolute Gasteiger partial charge is 0.452 e. The summed E-state index contributed by atoms with van der Waals surface area (Å²) in [6.07, 6.45) is -2.51. The van der Waals surface area contributed by atoms with Crippen LogP contribution in [-0.2, 0) is 6.18 Å². The third-order valence-electron chi connectivity index (χ3n) is 2.09. The molecule has 0 radical (unpaired) electrons. The van der Waals surface area contributed by atoms with Crippen LogP contribution < -0.4 is 5.32 Å². The summed E-state index contributed by atoms with van der Waals surface area (Å²) >= 11 is 0.751. The van der Waals surface area contributed by atoms with E-state index in [2.05, 4.69) is 14.7 Å². The van der Waals surface area contributed by atoms with Gasteiger partial charge in [-0.25, -0.2) is 0 Å². The lowest BCUT2D eigenvalue weighted by atomic mass is 10.3. The van der Waals surface area contributed by atoms with E-state index in [9.17, 15) is 13.2 Å². The molecule has 0 amide bonds. The van der Waals surface area contributed by atoms with Crippen LogP contribution in [0.3, 0.4) is 0 Å². The molecule has 0 unspecified atom stereocenters. The predicted octanol–water partition coefficient (Wildman–Crippen LogP) is 2.52. The highest BCUT2D eigenvalue weighted by Gasteiger charge is 2.40. The molecule has 0 bridgehead atoms. The van der Waals surface area contributed by atoms with E-state index in [0.717, 1.165) is 24.4 Å². The summed E-state index contributed by atoms with van der Waals surface area (Å²) in [6.45, 7) is 1.95. The average molecular weight is 223 g/mol. The second-order valence-corrected chi connectivity index (χ2v) is 4.36. The lowest BCUT2D eigenvalue weighted by molar-refractivity contribution is -0.144. The van der Waals surface area contributed by atoms with Gasteiger partial charge in [-0.3, -0.25) is 0 Å². The third-order valence-corrected chi connectivity index (χ3v) is 2.72. The van der Waals surface area contributed by atoms with E-state index < -0.39 is 12.0 Å². The van der Waals surface area contributed by atoms with Gasteiger partial charge in [-0.15, -0.1) is 0 Å². The smallest absolute Gasteiger partial charge is 0.355 e. The number of halogens is 3. The Bertz CT molecular complexity index is 342. The van der Waals surface area contributed by atoms with Crippen LogP contribution in [0.4, 0.5) is 18.3 Å². The number of anilines is 1. The van der Waals surface area contributed by atoms with Crippen molar-refractivity contribution in [2.45, 2.75) is 31.5 Å². The van der Waals surface area contributed by atoms with Gasteiger partial charge >= 0.3 is 6.18 Å². The second-order valence-electron chi connectivity index (χ2n) is 3.61. The quantitative estimate of drug-likeness (QED) is 0.837. The lowest BCUT2D eigenvalue weighted by Crippen LogP contribution is -2.16. The van der Waals surface area contributed by atoms with Crippen molar-refractivity contribution >= 4 is 16.7 Å². The molecule has 1 aromatic heterocycles. The molecule has 0 saturated heterocycles. The minimum absolute atomic E-state index is 0.0671. The number of hydrogen-bond acceptors (Lipinski definition) is 4. The average Bonchev–Trinajstić information content (AvgIpc) is 2.61. The lowest BCUT2D eigenvalue weighted by Gasteiger charge is -2.07. The van der Waals surface area contributed by atoms with Crippen LogP contribution in [0, 0.1) is 0 Å². The molecule has 2 rings (SSSR count). The van der Waals surface area contributed by atoms with Crippen molar-refractivity contribution in [2.24, 2.45) is 0 Å². The molecule has 14 heavy (non-hydrogen) atoms. The summed E-state index contributed by atoms with van der Waals surface area (Å²) in [6, 6.07) is 0. The van der Waals surface area contributed by atoms with E-state index in [0.29, 0.717) is 0 Å². The number of aromatic nitrogens is 2. The number of rotatable bonds is 2. The fourth-order valence-electron chi connectivity index (χ4n) is 0.960. The van der Waals surface area contributed by atoms with Crippen LogP contribution in [-0.4, -0.2) is 14.9 Å². The fourth-order valence-corrected chi connectivity index (χ4v) is 1.70. The van der Waals surface area contributed by atoms with Crippen molar-refractivity contribution in [1.82, 2.24) is 9.36 Å². The van der Waals surface area contributed by atoms with Crippen molar-refractivity contribution in [3.63, 3.8) is 0 Å². The first-order valence-electron chi connectivity index (χ1n) is 4.08. The molecular formula is C7H8F3N3S. The van der Waals surface area contributed by atoms with Crippen LogP contribution in [0.5, 0.6) is 0 Å². The highest BCUT2D eigenvalue weighted by atomic mass is 32.1. The number of hydrogen-bond donors (Lipinski definition) is 1. The Hall–Kier alpha value is -0.850. The number of nitrogens with one attached hydrogen (secondary N) is 1. The minimum atomic E-state index is -4.44. The van der Waals surface area contributed by atoms with E-state index in [-0.39, 0.29) is 10.7 Å². The van der Waals surface area contributed by atoms with Gasteiger partial charge in [0, 0.05) is 17.1 Å². The van der Waals surface area contributed by atoms with E-state index >= 15 is 0 Å². The zero-order valence-corrected chi connectivity index (χ0v) is 8.17. The van der Waals surface area contributed by atoms with E-state index in [1.807, 2.05) is 6.92 Å². The number of alkyl halides is 3. The van der Waals surface area contributed by atoms with Gasteiger partial charge in [-0.2, -0.15) is 22.5 Å². The second kappa shape index (κ2) is 2.82. The molecule has 3 nitrogen and oxygen atoms in total. The molecule has 7 heteroatoms. The first kappa shape index (κ1) is 9.70. The summed E-state index contributed by atoms with van der Waals surface area (Å²) in [4.78, 5) is 3.38. The zero-order chi connectivity index (χ0) is 10.4. The van der Waals surface area contributed by atoms with Crippen molar-refractivity contribution < 1.29 is 13.2 Å². The Morgan fingerprint density at radius 3 is 2.50 bits per heavy atom. The molecule has 0 aromatic carbocycles. The molecule has 0 spiro atoms. The van der Waals surface area contributed by atoms with Gasteiger partial charge in [0.05, 0.1) is 0 Å². The van der Waals surface area contributed by atoms with Crippen molar-refractivity contribution in [2.75, 3.05) is 5.32 Å². The summed E-state index contributed by atoms with van der Waals surface area (Å²) in [5.41, 5.74) is -0.0671. The van der Waals surface area contributed by atoms with Crippen LogP contribution in [0.25, 0.3) is 0 Å². The Morgan fingerprint density at radius 2 is 2.07 bits per heavy atom. The normalized spacial score (nSPS) is 19.4. The topological polar surface area (TPSA) is 37.8 Å². The number of nitrogens with zero attached hydrogens (tertiary/aromatic N) is 2. The van der Waals surface area contributed by atoms with Crippen LogP contribution in [0.1, 0.15) is 25.6 Å². The molecular weight excluding hydrogens is 215 g/mol. The van der Waals surface area contributed by atoms with Gasteiger partial charge in [-0.05, 0) is 19.8 Å². The van der Waals surface area contributed by atoms with E-state index in [1.54, 1.807) is 0 Å². The SMILES string of the molecule is CC1(Nc2nc(C(F)(F)F)ns2)CC1. The Kier molecular flexibility index (Phi) is 1.95. The molecule has 1 aromatic rings. The van der Waals surface area contributed by atoms with Gasteiger partial charge in [0.1, 0.15) is 0 Å². The standard InChI is InChI=1S/C7H8F3N3S/c1-6(2-3-6)12-5-11-4(13-14-5)7(8,9)10/h2-3H2,1H3,(H,11,12,13). The maximum absolute atomic E-state index is 12.1. The maximum atomic E-state index is 12.1. The predicted molar refractivity (Wildman–Crippen MR) is 46.2 cm³/mol. The third kappa shape index (κ3) is 1.97. The molecule has 78 valence electrons. The molecule has 1 heterocycles. The van der Waals surface area contributed by atoms with Gasteiger partial charge in [0.25, 0.3) is 0 Å². The molecule has 1 aliphatic rings. The van der Waals surface area contributed by atoms with Gasteiger partial charge < -0.3 is 5.32 Å². The van der Waals surface area contributed by atoms with Gasteiger partial charge in [-0.1, -0.05) is 0 Å². The summed E-state index contributed by atoms with van der Waals surface area (Å²) in [7, 11) is 0. The first-order valence-corrected chi connectivity index (χ1v) is 4.85. The zero-order valence-electron chi connectivity index (χ0n) is 7.35. The Balaban J connectivity index is 2.10. The van der Waals surface area contributed by atoms with Crippen molar-refractivity contribution in [3.8, 4) is 0 Å². The highest BCUT2D eigenvalue weighted by Crippen LogP contribution is 2.39. The van der Waals surface area contributed by atoms with Crippen LogP contribution >= 0.6 is 11.5 Å². The van der Waals surface area contributed by atoms with Crippen LogP contribution in [0.2, 0.25) is 0 Å². The van der Waals surface area contributed by atoms with Crippen molar-refractivity contribution in [1.29, 1.82) is 0 Å². The minimum Gasteiger partial charge on any atom is -0.355 e. The monoisotopic (exact) mass is 223 g/mol. The molecule has 1 aliphatic carbocycles. The van der Waals surface area contributed by atoms with Crippen molar-refractivity contribution in [3.05, 3.63) is 5.82 Å². The summed E-state index contributed by atoms with van der Waals surface area (Å²) < 4.78 is 39.6. The first-order chi connectivity index (χ1) is 6.39. The Morgan fingerprint density at radius 1 is 1.43 bits per heavy atom. The molecule has 0 aliphatic heterocycles. The Labute approximate surface area is 82.5 Å². The molecule has 1 fully saturated rings.